The minimum atomic E-state index is 0.301. The summed E-state index contributed by atoms with van der Waals surface area (Å²) in [6, 6.07) is 0. The average molecular weight is 154 g/mol. The predicted molar refractivity (Wildman–Crippen MR) is 49.5 cm³/mol. The zero-order valence-electron chi connectivity index (χ0n) is 7.29. The zero-order chi connectivity index (χ0) is 8.36. The summed E-state index contributed by atoms with van der Waals surface area (Å²) in [5, 5.41) is 8.46. The smallest absolute Gasteiger partial charge is 0.0433 e. The Balaban J connectivity index is 3.09. The second kappa shape index (κ2) is 9.44. The Hall–Kier alpha value is -0.560. The van der Waals surface area contributed by atoms with Crippen molar-refractivity contribution in [3.63, 3.8) is 0 Å². The van der Waals surface area contributed by atoms with Crippen LogP contribution >= 0.6 is 0 Å². The van der Waals surface area contributed by atoms with Crippen LogP contribution in [0.5, 0.6) is 0 Å². The summed E-state index contributed by atoms with van der Waals surface area (Å²) in [7, 11) is 0. The zero-order valence-corrected chi connectivity index (χ0v) is 7.29. The first-order chi connectivity index (χ1) is 5.41. The molecule has 0 rings (SSSR count). The number of rotatable bonds is 6. The molecule has 0 spiro atoms. The van der Waals surface area contributed by atoms with Crippen LogP contribution in [0.4, 0.5) is 0 Å². The van der Waals surface area contributed by atoms with Gasteiger partial charge in [-0.15, -0.1) is 0 Å². The van der Waals surface area contributed by atoms with Crippen LogP contribution in [-0.4, -0.2) is 11.7 Å². The van der Waals surface area contributed by atoms with E-state index in [4.69, 9.17) is 5.11 Å². The standard InChI is InChI=1S/C10H18O/c1-2-3-4-5-6-7-8-9-10-11/h3-4,6-7,11H,2,5,8-10H2,1H3/b4-3+,7-6-. The fourth-order valence-electron chi connectivity index (χ4n) is 0.765. The molecule has 0 heterocycles. The van der Waals surface area contributed by atoms with Gasteiger partial charge < -0.3 is 5.11 Å². The fraction of sp³-hybridized carbons (Fsp3) is 0.600. The molecule has 0 saturated carbocycles. The van der Waals surface area contributed by atoms with Gasteiger partial charge >= 0.3 is 0 Å². The van der Waals surface area contributed by atoms with Gasteiger partial charge in [0.25, 0.3) is 0 Å². The van der Waals surface area contributed by atoms with Gasteiger partial charge in [0.05, 0.1) is 0 Å². The van der Waals surface area contributed by atoms with Crippen LogP contribution < -0.4 is 0 Å². The molecule has 0 bridgehead atoms. The maximum atomic E-state index is 8.46. The molecule has 0 amide bonds. The van der Waals surface area contributed by atoms with Gasteiger partial charge in [-0.05, 0) is 25.7 Å². The summed E-state index contributed by atoms with van der Waals surface area (Å²) in [5.74, 6) is 0. The van der Waals surface area contributed by atoms with Gasteiger partial charge in [0, 0.05) is 6.61 Å². The molecule has 0 aliphatic rings. The van der Waals surface area contributed by atoms with Gasteiger partial charge in [0.1, 0.15) is 0 Å². The highest BCUT2D eigenvalue weighted by molar-refractivity contribution is 4.92. The minimum absolute atomic E-state index is 0.301. The second-order valence-electron chi connectivity index (χ2n) is 2.45. The van der Waals surface area contributed by atoms with Gasteiger partial charge in [-0.2, -0.15) is 0 Å². The van der Waals surface area contributed by atoms with E-state index >= 15 is 0 Å². The predicted octanol–water partition coefficient (Wildman–Crippen LogP) is 2.67. The molecule has 0 aromatic carbocycles. The van der Waals surface area contributed by atoms with E-state index in [1.807, 2.05) is 0 Å². The summed E-state index contributed by atoms with van der Waals surface area (Å²) in [6.07, 6.45) is 12.6. The largest absolute Gasteiger partial charge is 0.396 e. The summed E-state index contributed by atoms with van der Waals surface area (Å²) in [5.41, 5.74) is 0. The highest BCUT2D eigenvalue weighted by Gasteiger charge is 1.77. The fourth-order valence-corrected chi connectivity index (χ4v) is 0.765. The van der Waals surface area contributed by atoms with Crippen LogP contribution in [0.2, 0.25) is 0 Å². The average Bonchev–Trinajstić information content (AvgIpc) is 2.03. The summed E-state index contributed by atoms with van der Waals surface area (Å²) < 4.78 is 0. The van der Waals surface area contributed by atoms with E-state index in [0.717, 1.165) is 25.7 Å². The molecule has 1 heteroatoms. The van der Waals surface area contributed by atoms with Crippen LogP contribution in [0, 0.1) is 0 Å². The van der Waals surface area contributed by atoms with Crippen molar-refractivity contribution in [1.29, 1.82) is 0 Å². The molecule has 0 aromatic rings. The van der Waals surface area contributed by atoms with Gasteiger partial charge in [-0.25, -0.2) is 0 Å². The first kappa shape index (κ1) is 10.4. The van der Waals surface area contributed by atoms with Gasteiger partial charge in [0.15, 0.2) is 0 Å². The van der Waals surface area contributed by atoms with E-state index in [1.54, 1.807) is 0 Å². The Morgan fingerprint density at radius 3 is 2.45 bits per heavy atom. The number of hydrogen-bond acceptors (Lipinski definition) is 1. The van der Waals surface area contributed by atoms with Crippen molar-refractivity contribution in [2.24, 2.45) is 0 Å². The number of unbranched alkanes of at least 4 members (excludes halogenated alkanes) is 1. The molecule has 0 aliphatic carbocycles. The molecule has 0 aliphatic heterocycles. The van der Waals surface area contributed by atoms with Crippen LogP contribution in [0.15, 0.2) is 24.3 Å². The van der Waals surface area contributed by atoms with Crippen molar-refractivity contribution in [3.8, 4) is 0 Å². The Morgan fingerprint density at radius 1 is 1.09 bits per heavy atom. The van der Waals surface area contributed by atoms with E-state index in [-0.39, 0.29) is 0 Å². The Kier molecular flexibility index (Phi) is 8.96. The molecule has 64 valence electrons. The molecule has 0 atom stereocenters. The highest BCUT2D eigenvalue weighted by atomic mass is 16.2. The molecular weight excluding hydrogens is 136 g/mol. The third-order valence-corrected chi connectivity index (χ3v) is 1.37. The molecule has 1 N–H and O–H groups in total. The molecule has 1 nitrogen and oxygen atoms in total. The monoisotopic (exact) mass is 154 g/mol. The Morgan fingerprint density at radius 2 is 1.82 bits per heavy atom. The summed E-state index contributed by atoms with van der Waals surface area (Å²) in [6.45, 7) is 2.43. The van der Waals surface area contributed by atoms with Crippen LogP contribution in [0.1, 0.15) is 32.6 Å². The van der Waals surface area contributed by atoms with Crippen molar-refractivity contribution in [2.45, 2.75) is 32.6 Å². The van der Waals surface area contributed by atoms with Gasteiger partial charge in [0.2, 0.25) is 0 Å². The van der Waals surface area contributed by atoms with E-state index in [2.05, 4.69) is 31.2 Å². The lowest BCUT2D eigenvalue weighted by Crippen LogP contribution is -1.77. The topological polar surface area (TPSA) is 20.2 Å². The molecule has 0 saturated heterocycles. The van der Waals surface area contributed by atoms with Crippen LogP contribution in [0.3, 0.4) is 0 Å². The Labute approximate surface area is 69.4 Å². The number of aliphatic hydroxyl groups is 1. The van der Waals surface area contributed by atoms with E-state index < -0.39 is 0 Å². The molecule has 11 heavy (non-hydrogen) atoms. The maximum Gasteiger partial charge on any atom is 0.0433 e. The van der Waals surface area contributed by atoms with E-state index in [9.17, 15) is 0 Å². The van der Waals surface area contributed by atoms with Crippen LogP contribution in [0.25, 0.3) is 0 Å². The second-order valence-corrected chi connectivity index (χ2v) is 2.45. The van der Waals surface area contributed by atoms with Crippen LogP contribution in [-0.2, 0) is 0 Å². The van der Waals surface area contributed by atoms with Crippen molar-refractivity contribution >= 4 is 0 Å². The number of aliphatic hydroxyl groups excluding tert-OH is 1. The number of allylic oxidation sites excluding steroid dienone is 4. The minimum Gasteiger partial charge on any atom is -0.396 e. The summed E-state index contributed by atoms with van der Waals surface area (Å²) >= 11 is 0. The first-order valence-corrected chi connectivity index (χ1v) is 4.32. The van der Waals surface area contributed by atoms with E-state index in [1.165, 1.54) is 0 Å². The third kappa shape index (κ3) is 9.44. The molecule has 0 radical (unpaired) electrons. The van der Waals surface area contributed by atoms with Gasteiger partial charge in [-0.3, -0.25) is 0 Å². The molecule has 0 fully saturated rings. The van der Waals surface area contributed by atoms with Gasteiger partial charge in [-0.1, -0.05) is 31.2 Å². The lowest BCUT2D eigenvalue weighted by Gasteiger charge is -1.86. The van der Waals surface area contributed by atoms with Crippen molar-refractivity contribution in [1.82, 2.24) is 0 Å². The van der Waals surface area contributed by atoms with E-state index in [0.29, 0.717) is 6.61 Å². The summed E-state index contributed by atoms with van der Waals surface area (Å²) in [4.78, 5) is 0. The maximum absolute atomic E-state index is 8.46. The lowest BCUT2D eigenvalue weighted by molar-refractivity contribution is 0.289. The molecular formula is C10H18O. The molecule has 0 unspecified atom stereocenters. The SMILES string of the molecule is CC/C=C/C/C=C\CCCO. The normalized spacial score (nSPS) is 11.8. The molecule has 0 aromatic heterocycles. The quantitative estimate of drug-likeness (QED) is 0.460. The first-order valence-electron chi connectivity index (χ1n) is 4.32. The third-order valence-electron chi connectivity index (χ3n) is 1.37. The van der Waals surface area contributed by atoms with Crippen molar-refractivity contribution < 1.29 is 5.11 Å². The van der Waals surface area contributed by atoms with Crippen molar-refractivity contribution in [2.75, 3.05) is 6.61 Å². The number of hydrogen-bond donors (Lipinski definition) is 1. The van der Waals surface area contributed by atoms with Crippen molar-refractivity contribution in [3.05, 3.63) is 24.3 Å². The highest BCUT2D eigenvalue weighted by Crippen LogP contribution is 1.93. The lowest BCUT2D eigenvalue weighted by atomic mass is 10.2. The Bertz CT molecular complexity index is 114.